The fourth-order valence-electron chi connectivity index (χ4n) is 1.27. The van der Waals surface area contributed by atoms with E-state index in [-0.39, 0.29) is 18.5 Å². The minimum atomic E-state index is -4.71. The molecular weight excluding hydrogens is 249 g/mol. The molecule has 0 aliphatic carbocycles. The van der Waals surface area contributed by atoms with Crippen molar-refractivity contribution in [3.8, 4) is 5.75 Å². The lowest BCUT2D eigenvalue weighted by Gasteiger charge is -2.14. The number of halogens is 3. The van der Waals surface area contributed by atoms with Crippen LogP contribution in [0.25, 0.3) is 0 Å². The smallest absolute Gasteiger partial charge is 0.406 e. The summed E-state index contributed by atoms with van der Waals surface area (Å²) in [7, 11) is 0. The van der Waals surface area contributed by atoms with Crippen LogP contribution in [0.2, 0.25) is 0 Å². The molecule has 1 atom stereocenters. The molecule has 1 aromatic carbocycles. The summed E-state index contributed by atoms with van der Waals surface area (Å²) in [6.45, 7) is 3.75. The summed E-state index contributed by atoms with van der Waals surface area (Å²) >= 11 is 0. The molecule has 102 valence electrons. The van der Waals surface area contributed by atoms with Gasteiger partial charge in [-0.25, -0.2) is 0 Å². The van der Waals surface area contributed by atoms with Gasteiger partial charge in [-0.05, 0) is 31.5 Å². The molecule has 1 N–H and O–H groups in total. The standard InChI is InChI=1S/C12H15F3O3/c1-8(2)17-7-11(16)9-3-5-10(6-4-9)18-12(13,14)15/h3-6,8,11,16H,7H2,1-2H3. The maximum atomic E-state index is 11.9. The minimum Gasteiger partial charge on any atom is -0.406 e. The first-order chi connectivity index (χ1) is 8.28. The highest BCUT2D eigenvalue weighted by atomic mass is 19.4. The third-order valence-corrected chi connectivity index (χ3v) is 2.09. The van der Waals surface area contributed by atoms with Gasteiger partial charge in [0.2, 0.25) is 0 Å². The van der Waals surface area contributed by atoms with E-state index in [0.717, 1.165) is 12.1 Å². The van der Waals surface area contributed by atoms with Gasteiger partial charge in [0, 0.05) is 0 Å². The first-order valence-corrected chi connectivity index (χ1v) is 5.43. The summed E-state index contributed by atoms with van der Waals surface area (Å²) in [5.41, 5.74) is 0.477. The molecule has 0 fully saturated rings. The van der Waals surface area contributed by atoms with Gasteiger partial charge in [-0.2, -0.15) is 0 Å². The van der Waals surface area contributed by atoms with Crippen molar-refractivity contribution in [2.45, 2.75) is 32.4 Å². The molecule has 0 aliphatic heterocycles. The van der Waals surface area contributed by atoms with Crippen LogP contribution in [-0.4, -0.2) is 24.2 Å². The zero-order valence-corrected chi connectivity index (χ0v) is 10.1. The highest BCUT2D eigenvalue weighted by Gasteiger charge is 2.31. The second-order valence-electron chi connectivity index (χ2n) is 4.01. The van der Waals surface area contributed by atoms with Crippen LogP contribution in [-0.2, 0) is 4.74 Å². The van der Waals surface area contributed by atoms with Crippen LogP contribution in [0.15, 0.2) is 24.3 Å². The van der Waals surface area contributed by atoms with Crippen molar-refractivity contribution in [3.05, 3.63) is 29.8 Å². The number of hydrogen-bond donors (Lipinski definition) is 1. The van der Waals surface area contributed by atoms with Gasteiger partial charge in [-0.15, -0.1) is 13.2 Å². The highest BCUT2D eigenvalue weighted by molar-refractivity contribution is 5.28. The van der Waals surface area contributed by atoms with Crippen LogP contribution in [0.5, 0.6) is 5.75 Å². The Kier molecular flexibility index (Phi) is 4.98. The number of alkyl halides is 3. The van der Waals surface area contributed by atoms with Crippen LogP contribution in [0, 0.1) is 0 Å². The predicted molar refractivity (Wildman–Crippen MR) is 59.2 cm³/mol. The molecular formula is C12H15F3O3. The van der Waals surface area contributed by atoms with Gasteiger partial charge in [0.15, 0.2) is 0 Å². The van der Waals surface area contributed by atoms with Gasteiger partial charge in [-0.3, -0.25) is 0 Å². The number of rotatable bonds is 5. The van der Waals surface area contributed by atoms with Crippen molar-refractivity contribution < 1.29 is 27.8 Å². The molecule has 0 aromatic heterocycles. The molecule has 1 rings (SSSR count). The second kappa shape index (κ2) is 6.06. The van der Waals surface area contributed by atoms with Gasteiger partial charge in [0.25, 0.3) is 0 Å². The molecule has 1 unspecified atom stereocenters. The van der Waals surface area contributed by atoms with Crippen LogP contribution >= 0.6 is 0 Å². The average Bonchev–Trinajstić information content (AvgIpc) is 2.24. The van der Waals surface area contributed by atoms with Gasteiger partial charge in [0.1, 0.15) is 11.9 Å². The molecule has 0 spiro atoms. The van der Waals surface area contributed by atoms with E-state index in [2.05, 4.69) is 4.74 Å². The average molecular weight is 264 g/mol. The van der Waals surface area contributed by atoms with E-state index in [4.69, 9.17) is 4.74 Å². The van der Waals surface area contributed by atoms with E-state index in [0.29, 0.717) is 5.56 Å². The third kappa shape index (κ3) is 5.37. The van der Waals surface area contributed by atoms with E-state index in [1.54, 1.807) is 0 Å². The number of benzene rings is 1. The van der Waals surface area contributed by atoms with E-state index in [1.807, 2.05) is 13.8 Å². The van der Waals surface area contributed by atoms with Crippen molar-refractivity contribution in [1.29, 1.82) is 0 Å². The molecule has 0 radical (unpaired) electrons. The van der Waals surface area contributed by atoms with E-state index in [1.165, 1.54) is 12.1 Å². The third-order valence-electron chi connectivity index (χ3n) is 2.09. The van der Waals surface area contributed by atoms with E-state index >= 15 is 0 Å². The van der Waals surface area contributed by atoms with Gasteiger partial charge < -0.3 is 14.6 Å². The summed E-state index contributed by atoms with van der Waals surface area (Å²) < 4.78 is 44.7. The number of aliphatic hydroxyl groups excluding tert-OH is 1. The lowest BCUT2D eigenvalue weighted by molar-refractivity contribution is -0.274. The topological polar surface area (TPSA) is 38.7 Å². The quantitative estimate of drug-likeness (QED) is 0.888. The van der Waals surface area contributed by atoms with Crippen LogP contribution in [0.3, 0.4) is 0 Å². The Morgan fingerprint density at radius 1 is 1.17 bits per heavy atom. The Morgan fingerprint density at radius 3 is 2.17 bits per heavy atom. The number of hydrogen-bond acceptors (Lipinski definition) is 3. The Morgan fingerprint density at radius 2 is 1.72 bits per heavy atom. The number of aliphatic hydroxyl groups is 1. The normalized spacial score (nSPS) is 13.7. The fraction of sp³-hybridized carbons (Fsp3) is 0.500. The molecule has 6 heteroatoms. The molecule has 18 heavy (non-hydrogen) atoms. The molecule has 0 heterocycles. The van der Waals surface area contributed by atoms with Gasteiger partial charge >= 0.3 is 6.36 Å². The zero-order chi connectivity index (χ0) is 13.8. The summed E-state index contributed by atoms with van der Waals surface area (Å²) in [4.78, 5) is 0. The highest BCUT2D eigenvalue weighted by Crippen LogP contribution is 2.24. The van der Waals surface area contributed by atoms with Crippen LogP contribution < -0.4 is 4.74 Å². The molecule has 0 saturated carbocycles. The van der Waals surface area contributed by atoms with E-state index in [9.17, 15) is 18.3 Å². The van der Waals surface area contributed by atoms with E-state index < -0.39 is 12.5 Å². The predicted octanol–water partition coefficient (Wildman–Crippen LogP) is 3.04. The summed E-state index contributed by atoms with van der Waals surface area (Å²) in [6, 6.07) is 5.05. The Balaban J connectivity index is 2.59. The minimum absolute atomic E-state index is 0.0208. The molecule has 0 bridgehead atoms. The lowest BCUT2D eigenvalue weighted by atomic mass is 10.1. The first kappa shape index (κ1) is 14.8. The molecule has 0 amide bonds. The summed E-state index contributed by atoms with van der Waals surface area (Å²) in [5, 5.41) is 9.70. The maximum Gasteiger partial charge on any atom is 0.573 e. The second-order valence-corrected chi connectivity index (χ2v) is 4.01. The van der Waals surface area contributed by atoms with Gasteiger partial charge in [-0.1, -0.05) is 12.1 Å². The zero-order valence-electron chi connectivity index (χ0n) is 10.1. The summed E-state index contributed by atoms with van der Waals surface area (Å²) in [5.74, 6) is -0.316. The maximum absolute atomic E-state index is 11.9. The van der Waals surface area contributed by atoms with Crippen molar-refractivity contribution in [2.24, 2.45) is 0 Å². The van der Waals surface area contributed by atoms with Crippen molar-refractivity contribution in [2.75, 3.05) is 6.61 Å². The fourth-order valence-corrected chi connectivity index (χ4v) is 1.27. The molecule has 0 saturated heterocycles. The summed E-state index contributed by atoms with van der Waals surface area (Å²) in [6.07, 6.45) is -5.60. The SMILES string of the molecule is CC(C)OCC(O)c1ccc(OC(F)(F)F)cc1. The largest absolute Gasteiger partial charge is 0.573 e. The Labute approximate surface area is 103 Å². The number of ether oxygens (including phenoxy) is 2. The lowest BCUT2D eigenvalue weighted by Crippen LogP contribution is -2.17. The Bertz CT molecular complexity index is 360. The van der Waals surface area contributed by atoms with Crippen molar-refractivity contribution in [3.63, 3.8) is 0 Å². The Hall–Kier alpha value is -1.27. The molecule has 1 aromatic rings. The monoisotopic (exact) mass is 264 g/mol. The van der Waals surface area contributed by atoms with Crippen LogP contribution in [0.1, 0.15) is 25.5 Å². The van der Waals surface area contributed by atoms with Crippen LogP contribution in [0.4, 0.5) is 13.2 Å². The van der Waals surface area contributed by atoms with Crippen molar-refractivity contribution in [1.82, 2.24) is 0 Å². The molecule has 3 nitrogen and oxygen atoms in total. The first-order valence-electron chi connectivity index (χ1n) is 5.43. The van der Waals surface area contributed by atoms with Gasteiger partial charge in [0.05, 0.1) is 12.7 Å². The molecule has 0 aliphatic rings. The van der Waals surface area contributed by atoms with Crippen molar-refractivity contribution >= 4 is 0 Å².